The van der Waals surface area contributed by atoms with Crippen molar-refractivity contribution >= 4 is 40.3 Å². The number of benzene rings is 2. The third-order valence-corrected chi connectivity index (χ3v) is 5.63. The molecule has 1 aliphatic heterocycles. The fourth-order valence-corrected chi connectivity index (χ4v) is 4.11. The first-order chi connectivity index (χ1) is 14.0. The molecule has 5 nitrogen and oxygen atoms in total. The second kappa shape index (κ2) is 9.80. The molecular weight excluding hydrogens is 406 g/mol. The number of nitrogens with zero attached hydrogens (tertiary/aromatic N) is 1. The summed E-state index contributed by atoms with van der Waals surface area (Å²) in [5.41, 5.74) is 1.81. The van der Waals surface area contributed by atoms with Crippen LogP contribution in [0.15, 0.2) is 47.4 Å². The standard InChI is InChI=1S/C22H23NO4S2/c1-4-26-18-11-8-16(19(13-18)27-5-2)12-20-21(24)23(22(28)29-20)14-15-6-9-17(25-3)10-7-15/h6-13H,4-5,14H2,1-3H3/b20-12-. The first-order valence-electron chi connectivity index (χ1n) is 9.33. The quantitative estimate of drug-likeness (QED) is 0.440. The second-order valence-electron chi connectivity index (χ2n) is 6.18. The Morgan fingerprint density at radius 1 is 1.03 bits per heavy atom. The zero-order chi connectivity index (χ0) is 20.8. The minimum Gasteiger partial charge on any atom is -0.497 e. The topological polar surface area (TPSA) is 48.0 Å². The summed E-state index contributed by atoms with van der Waals surface area (Å²) in [6, 6.07) is 13.2. The molecule has 2 aromatic carbocycles. The van der Waals surface area contributed by atoms with Crippen LogP contribution in [0.1, 0.15) is 25.0 Å². The molecule has 7 heteroatoms. The lowest BCUT2D eigenvalue weighted by atomic mass is 10.1. The summed E-state index contributed by atoms with van der Waals surface area (Å²) in [5, 5.41) is 0. The molecule has 1 aliphatic rings. The van der Waals surface area contributed by atoms with Crippen molar-refractivity contribution in [2.45, 2.75) is 20.4 Å². The van der Waals surface area contributed by atoms with Crippen molar-refractivity contribution in [3.05, 3.63) is 58.5 Å². The average Bonchev–Trinajstić information content (AvgIpc) is 2.98. The Labute approximate surface area is 180 Å². The van der Waals surface area contributed by atoms with E-state index in [0.717, 1.165) is 22.6 Å². The van der Waals surface area contributed by atoms with Gasteiger partial charge in [0.25, 0.3) is 5.91 Å². The van der Waals surface area contributed by atoms with Gasteiger partial charge in [0.2, 0.25) is 0 Å². The molecule has 0 spiro atoms. The third kappa shape index (κ3) is 5.10. The zero-order valence-corrected chi connectivity index (χ0v) is 18.3. The van der Waals surface area contributed by atoms with Gasteiger partial charge in [-0.2, -0.15) is 0 Å². The van der Waals surface area contributed by atoms with Gasteiger partial charge in [-0.1, -0.05) is 36.1 Å². The minimum atomic E-state index is -0.104. The van der Waals surface area contributed by atoms with Crippen LogP contribution in [0.2, 0.25) is 0 Å². The number of carbonyl (C=O) groups excluding carboxylic acids is 1. The van der Waals surface area contributed by atoms with Crippen LogP contribution in [-0.2, 0) is 11.3 Å². The number of amides is 1. The number of thioether (sulfide) groups is 1. The van der Waals surface area contributed by atoms with Gasteiger partial charge in [0.05, 0.1) is 31.8 Å². The van der Waals surface area contributed by atoms with Crippen LogP contribution in [0.3, 0.4) is 0 Å². The summed E-state index contributed by atoms with van der Waals surface area (Å²) >= 11 is 6.75. The monoisotopic (exact) mass is 429 g/mol. The molecule has 0 atom stereocenters. The van der Waals surface area contributed by atoms with E-state index >= 15 is 0 Å². The molecule has 2 aromatic rings. The molecule has 0 saturated carbocycles. The van der Waals surface area contributed by atoms with Gasteiger partial charge >= 0.3 is 0 Å². The molecule has 1 amide bonds. The van der Waals surface area contributed by atoms with Crippen LogP contribution in [0, 0.1) is 0 Å². The van der Waals surface area contributed by atoms with Gasteiger partial charge in [-0.15, -0.1) is 0 Å². The summed E-state index contributed by atoms with van der Waals surface area (Å²) in [7, 11) is 1.62. The predicted octanol–water partition coefficient (Wildman–Crippen LogP) is 4.89. The van der Waals surface area contributed by atoms with E-state index in [1.165, 1.54) is 11.8 Å². The molecule has 0 aliphatic carbocycles. The van der Waals surface area contributed by atoms with Crippen LogP contribution in [0.4, 0.5) is 0 Å². The number of thiocarbonyl (C=S) groups is 1. The Hall–Kier alpha value is -2.51. The normalized spacial score (nSPS) is 15.1. The Morgan fingerprint density at radius 3 is 2.38 bits per heavy atom. The summed E-state index contributed by atoms with van der Waals surface area (Å²) in [6.45, 7) is 5.38. The van der Waals surface area contributed by atoms with Crippen molar-refractivity contribution in [1.82, 2.24) is 4.90 Å². The van der Waals surface area contributed by atoms with Gasteiger partial charge in [-0.05, 0) is 49.8 Å². The van der Waals surface area contributed by atoms with Crippen LogP contribution in [0.25, 0.3) is 6.08 Å². The van der Waals surface area contributed by atoms with Crippen molar-refractivity contribution in [3.8, 4) is 17.2 Å². The van der Waals surface area contributed by atoms with E-state index in [4.69, 9.17) is 26.4 Å². The number of methoxy groups -OCH3 is 1. The van der Waals surface area contributed by atoms with Crippen LogP contribution < -0.4 is 14.2 Å². The van der Waals surface area contributed by atoms with Gasteiger partial charge in [-0.3, -0.25) is 9.69 Å². The molecular formula is C22H23NO4S2. The highest BCUT2D eigenvalue weighted by molar-refractivity contribution is 8.26. The predicted molar refractivity (Wildman–Crippen MR) is 120 cm³/mol. The van der Waals surface area contributed by atoms with Crippen molar-refractivity contribution < 1.29 is 19.0 Å². The molecule has 0 unspecified atom stereocenters. The molecule has 152 valence electrons. The molecule has 29 heavy (non-hydrogen) atoms. The molecule has 0 bridgehead atoms. The zero-order valence-electron chi connectivity index (χ0n) is 16.6. The maximum absolute atomic E-state index is 12.9. The van der Waals surface area contributed by atoms with Crippen molar-refractivity contribution in [2.24, 2.45) is 0 Å². The van der Waals surface area contributed by atoms with Crippen molar-refractivity contribution in [1.29, 1.82) is 0 Å². The van der Waals surface area contributed by atoms with Crippen LogP contribution in [0.5, 0.6) is 17.2 Å². The van der Waals surface area contributed by atoms with E-state index in [-0.39, 0.29) is 5.91 Å². The first kappa shape index (κ1) is 21.2. The number of rotatable bonds is 8. The molecule has 1 heterocycles. The highest BCUT2D eigenvalue weighted by Gasteiger charge is 2.32. The Morgan fingerprint density at radius 2 is 1.72 bits per heavy atom. The Bertz CT molecular complexity index is 925. The van der Waals surface area contributed by atoms with Gasteiger partial charge < -0.3 is 14.2 Å². The first-order valence-corrected chi connectivity index (χ1v) is 10.6. The molecule has 1 saturated heterocycles. The molecule has 1 fully saturated rings. The molecule has 0 N–H and O–H groups in total. The van der Waals surface area contributed by atoms with Gasteiger partial charge in [-0.25, -0.2) is 0 Å². The highest BCUT2D eigenvalue weighted by Crippen LogP contribution is 2.36. The Kier molecular flexibility index (Phi) is 7.17. The summed E-state index contributed by atoms with van der Waals surface area (Å²) < 4.78 is 17.0. The molecule has 0 radical (unpaired) electrons. The molecule has 0 aromatic heterocycles. The van der Waals surface area contributed by atoms with Crippen LogP contribution >= 0.6 is 24.0 Å². The number of ether oxygens (including phenoxy) is 3. The maximum atomic E-state index is 12.9. The van der Waals surface area contributed by atoms with E-state index in [1.54, 1.807) is 12.0 Å². The Balaban J connectivity index is 1.81. The van der Waals surface area contributed by atoms with E-state index in [1.807, 2.05) is 62.4 Å². The largest absolute Gasteiger partial charge is 0.497 e. The van der Waals surface area contributed by atoms with Crippen LogP contribution in [-0.4, -0.2) is 35.5 Å². The van der Waals surface area contributed by atoms with Crippen molar-refractivity contribution in [3.63, 3.8) is 0 Å². The number of carbonyl (C=O) groups is 1. The fraction of sp³-hybridized carbons (Fsp3) is 0.273. The van der Waals surface area contributed by atoms with Gasteiger partial charge in [0.15, 0.2) is 0 Å². The number of hydrogen-bond acceptors (Lipinski definition) is 6. The average molecular weight is 430 g/mol. The van der Waals surface area contributed by atoms with E-state index in [2.05, 4.69) is 0 Å². The fourth-order valence-electron chi connectivity index (χ4n) is 2.86. The summed E-state index contributed by atoms with van der Waals surface area (Å²) in [5.74, 6) is 2.09. The van der Waals surface area contributed by atoms with E-state index in [0.29, 0.717) is 34.7 Å². The summed E-state index contributed by atoms with van der Waals surface area (Å²) in [6.07, 6.45) is 1.83. The summed E-state index contributed by atoms with van der Waals surface area (Å²) in [4.78, 5) is 15.1. The lowest BCUT2D eigenvalue weighted by molar-refractivity contribution is -0.122. The smallest absolute Gasteiger partial charge is 0.266 e. The lowest BCUT2D eigenvalue weighted by Gasteiger charge is -2.14. The van der Waals surface area contributed by atoms with Crippen molar-refractivity contribution in [2.75, 3.05) is 20.3 Å². The lowest BCUT2D eigenvalue weighted by Crippen LogP contribution is -2.27. The third-order valence-electron chi connectivity index (χ3n) is 4.26. The minimum absolute atomic E-state index is 0.104. The highest BCUT2D eigenvalue weighted by atomic mass is 32.2. The maximum Gasteiger partial charge on any atom is 0.266 e. The SMILES string of the molecule is CCOc1ccc(/C=C2\SC(=S)N(Cc3ccc(OC)cc3)C2=O)c(OCC)c1. The van der Waals surface area contributed by atoms with Gasteiger partial charge in [0.1, 0.15) is 21.6 Å². The molecule has 3 rings (SSSR count). The van der Waals surface area contributed by atoms with E-state index < -0.39 is 0 Å². The second-order valence-corrected chi connectivity index (χ2v) is 7.86. The van der Waals surface area contributed by atoms with Gasteiger partial charge in [0, 0.05) is 11.6 Å². The van der Waals surface area contributed by atoms with E-state index in [9.17, 15) is 4.79 Å². The number of hydrogen-bond donors (Lipinski definition) is 0.